The fourth-order valence-corrected chi connectivity index (χ4v) is 2.98. The molecule has 0 spiro atoms. The van der Waals surface area contributed by atoms with Crippen LogP contribution in [0.25, 0.3) is 0 Å². The molecule has 3 aliphatic carbocycles. The van der Waals surface area contributed by atoms with Gasteiger partial charge in [0.05, 0.1) is 0 Å². The summed E-state index contributed by atoms with van der Waals surface area (Å²) in [5.74, 6) is 3.28. The predicted molar refractivity (Wildman–Crippen MR) is 46.3 cm³/mol. The number of hydrogen-bond acceptors (Lipinski definition) is 0. The third-order valence-corrected chi connectivity index (χ3v) is 3.84. The van der Waals surface area contributed by atoms with Gasteiger partial charge in [-0.15, -0.1) is 0 Å². The summed E-state index contributed by atoms with van der Waals surface area (Å²) >= 11 is 0. The summed E-state index contributed by atoms with van der Waals surface area (Å²) < 4.78 is 0. The minimum absolute atomic E-state index is 1.09. The SMILES string of the molecule is CCC1CC2C(=C3CC3)C2C1. The van der Waals surface area contributed by atoms with E-state index >= 15 is 0 Å². The first kappa shape index (κ1) is 6.28. The zero-order valence-corrected chi connectivity index (χ0v) is 7.27. The van der Waals surface area contributed by atoms with Gasteiger partial charge < -0.3 is 0 Å². The Hall–Kier alpha value is -0.260. The number of hydrogen-bond donors (Lipinski definition) is 0. The Morgan fingerprint density at radius 3 is 2.27 bits per heavy atom. The van der Waals surface area contributed by atoms with E-state index < -0.39 is 0 Å². The standard InChI is InChI=1S/C11H16/c1-2-7-5-9-10(6-7)11(9)8-3-4-8/h7,9-10H,2-6H2,1H3. The quantitative estimate of drug-likeness (QED) is 0.501. The fraction of sp³-hybridized carbons (Fsp3) is 0.818. The lowest BCUT2D eigenvalue weighted by molar-refractivity contribution is 0.493. The van der Waals surface area contributed by atoms with Gasteiger partial charge >= 0.3 is 0 Å². The molecule has 0 N–H and O–H groups in total. The van der Waals surface area contributed by atoms with Crippen molar-refractivity contribution in [3.63, 3.8) is 0 Å². The second-order valence-electron chi connectivity index (χ2n) is 4.52. The molecule has 11 heavy (non-hydrogen) atoms. The lowest BCUT2D eigenvalue weighted by atomic mass is 9.99. The summed E-state index contributed by atoms with van der Waals surface area (Å²) in [4.78, 5) is 0. The molecule has 0 aromatic rings. The van der Waals surface area contributed by atoms with E-state index in [1.165, 1.54) is 19.3 Å². The van der Waals surface area contributed by atoms with Crippen molar-refractivity contribution in [2.75, 3.05) is 0 Å². The highest BCUT2D eigenvalue weighted by atomic mass is 14.6. The van der Waals surface area contributed by atoms with Crippen molar-refractivity contribution in [3.8, 4) is 0 Å². The molecule has 2 unspecified atom stereocenters. The van der Waals surface area contributed by atoms with E-state index in [9.17, 15) is 0 Å². The molecule has 0 aromatic heterocycles. The van der Waals surface area contributed by atoms with Gasteiger partial charge in [-0.3, -0.25) is 0 Å². The van der Waals surface area contributed by atoms with Crippen molar-refractivity contribution in [2.45, 2.75) is 39.0 Å². The molecule has 0 saturated heterocycles. The second kappa shape index (κ2) is 1.91. The average Bonchev–Trinajstić information content (AvgIpc) is 2.88. The maximum atomic E-state index is 2.35. The fourth-order valence-electron chi connectivity index (χ4n) is 2.98. The molecule has 0 radical (unpaired) electrons. The molecule has 0 bridgehead atoms. The largest absolute Gasteiger partial charge is 0.0698 e. The van der Waals surface area contributed by atoms with Crippen LogP contribution in [0.3, 0.4) is 0 Å². The highest BCUT2D eigenvalue weighted by Crippen LogP contribution is 2.63. The van der Waals surface area contributed by atoms with Gasteiger partial charge in [0.25, 0.3) is 0 Å². The predicted octanol–water partition coefficient (Wildman–Crippen LogP) is 3.14. The van der Waals surface area contributed by atoms with Crippen LogP contribution in [0.2, 0.25) is 0 Å². The Labute approximate surface area is 68.7 Å². The minimum Gasteiger partial charge on any atom is -0.0698 e. The number of fused-ring (bicyclic) bond motifs is 1. The Balaban J connectivity index is 1.73. The summed E-state index contributed by atoms with van der Waals surface area (Å²) in [6, 6.07) is 0. The summed E-state index contributed by atoms with van der Waals surface area (Å²) in [5, 5.41) is 0. The molecule has 0 amide bonds. The van der Waals surface area contributed by atoms with Gasteiger partial charge in [-0.05, 0) is 43.4 Å². The normalized spacial score (nSPS) is 46.1. The number of allylic oxidation sites excluding steroid dienone is 2. The van der Waals surface area contributed by atoms with Gasteiger partial charge in [-0.25, -0.2) is 0 Å². The van der Waals surface area contributed by atoms with E-state index in [-0.39, 0.29) is 0 Å². The molecule has 3 rings (SSSR count). The first-order chi connectivity index (χ1) is 5.40. The third kappa shape index (κ3) is 0.816. The molecular weight excluding hydrogens is 132 g/mol. The summed E-state index contributed by atoms with van der Waals surface area (Å²) in [6.45, 7) is 2.35. The molecule has 0 nitrogen and oxygen atoms in total. The summed E-state index contributed by atoms with van der Waals surface area (Å²) in [6.07, 6.45) is 7.42. The van der Waals surface area contributed by atoms with Crippen molar-refractivity contribution in [2.24, 2.45) is 17.8 Å². The zero-order valence-electron chi connectivity index (χ0n) is 7.27. The van der Waals surface area contributed by atoms with Crippen molar-refractivity contribution in [1.29, 1.82) is 0 Å². The van der Waals surface area contributed by atoms with Gasteiger partial charge in [0, 0.05) is 0 Å². The molecular formula is C11H16. The monoisotopic (exact) mass is 148 g/mol. The Kier molecular flexibility index (Phi) is 1.09. The molecule has 3 saturated carbocycles. The molecule has 0 heteroatoms. The number of rotatable bonds is 1. The van der Waals surface area contributed by atoms with E-state index in [0.717, 1.165) is 17.8 Å². The Bertz CT molecular complexity index is 204. The first-order valence-electron chi connectivity index (χ1n) is 5.12. The van der Waals surface area contributed by atoms with Gasteiger partial charge in [0.1, 0.15) is 0 Å². The van der Waals surface area contributed by atoms with Crippen LogP contribution in [0.1, 0.15) is 39.0 Å². The summed E-state index contributed by atoms with van der Waals surface area (Å²) in [5.41, 5.74) is 3.78. The van der Waals surface area contributed by atoms with Crippen molar-refractivity contribution < 1.29 is 0 Å². The first-order valence-corrected chi connectivity index (χ1v) is 5.12. The Morgan fingerprint density at radius 1 is 1.18 bits per heavy atom. The average molecular weight is 148 g/mol. The van der Waals surface area contributed by atoms with E-state index in [0.29, 0.717) is 0 Å². The lowest BCUT2D eigenvalue weighted by Gasteiger charge is -2.06. The molecule has 3 fully saturated rings. The highest BCUT2D eigenvalue weighted by Gasteiger charge is 2.52. The molecule has 0 aliphatic heterocycles. The molecule has 3 aliphatic rings. The van der Waals surface area contributed by atoms with Crippen LogP contribution in [-0.4, -0.2) is 0 Å². The van der Waals surface area contributed by atoms with Crippen LogP contribution in [0, 0.1) is 17.8 Å². The summed E-state index contributed by atoms with van der Waals surface area (Å²) in [7, 11) is 0. The third-order valence-electron chi connectivity index (χ3n) is 3.84. The smallest absolute Gasteiger partial charge is 0.0129 e. The van der Waals surface area contributed by atoms with E-state index in [1.54, 1.807) is 12.8 Å². The maximum Gasteiger partial charge on any atom is -0.0129 e. The molecule has 2 atom stereocenters. The second-order valence-corrected chi connectivity index (χ2v) is 4.52. The van der Waals surface area contributed by atoms with Crippen LogP contribution < -0.4 is 0 Å². The van der Waals surface area contributed by atoms with Gasteiger partial charge in [-0.2, -0.15) is 0 Å². The van der Waals surface area contributed by atoms with Crippen LogP contribution in [-0.2, 0) is 0 Å². The van der Waals surface area contributed by atoms with Crippen molar-refractivity contribution >= 4 is 0 Å². The van der Waals surface area contributed by atoms with E-state index in [1.807, 2.05) is 11.1 Å². The van der Waals surface area contributed by atoms with Crippen LogP contribution in [0.4, 0.5) is 0 Å². The lowest BCUT2D eigenvalue weighted by Crippen LogP contribution is -1.94. The van der Waals surface area contributed by atoms with Crippen LogP contribution >= 0.6 is 0 Å². The van der Waals surface area contributed by atoms with Crippen molar-refractivity contribution in [1.82, 2.24) is 0 Å². The maximum absolute atomic E-state index is 2.35. The van der Waals surface area contributed by atoms with Gasteiger partial charge in [0.15, 0.2) is 0 Å². The molecule has 0 aromatic carbocycles. The van der Waals surface area contributed by atoms with E-state index in [4.69, 9.17) is 0 Å². The topological polar surface area (TPSA) is 0 Å². The zero-order chi connectivity index (χ0) is 7.42. The minimum atomic E-state index is 1.09. The van der Waals surface area contributed by atoms with Gasteiger partial charge in [-0.1, -0.05) is 24.5 Å². The highest BCUT2D eigenvalue weighted by molar-refractivity contribution is 5.42. The van der Waals surface area contributed by atoms with E-state index in [2.05, 4.69) is 6.92 Å². The molecule has 0 heterocycles. The van der Waals surface area contributed by atoms with Crippen molar-refractivity contribution in [3.05, 3.63) is 11.1 Å². The molecule has 60 valence electrons. The van der Waals surface area contributed by atoms with Crippen LogP contribution in [0.15, 0.2) is 11.1 Å². The van der Waals surface area contributed by atoms with Crippen LogP contribution in [0.5, 0.6) is 0 Å². The van der Waals surface area contributed by atoms with Gasteiger partial charge in [0.2, 0.25) is 0 Å². The Morgan fingerprint density at radius 2 is 1.82 bits per heavy atom.